The van der Waals surface area contributed by atoms with Gasteiger partial charge in [0.05, 0.1) is 10.7 Å². The number of fused-ring (bicyclic) bond motifs is 1. The van der Waals surface area contributed by atoms with Crippen LogP contribution in [0.25, 0.3) is 11.3 Å². The van der Waals surface area contributed by atoms with Gasteiger partial charge in [-0.25, -0.2) is 4.98 Å². The predicted molar refractivity (Wildman–Crippen MR) is 164 cm³/mol. The monoisotopic (exact) mass is 565 g/mol. The molecule has 0 aliphatic carbocycles. The lowest BCUT2D eigenvalue weighted by atomic mass is 9.78. The molecular weight excluding hydrogens is 526 g/mol. The molecule has 1 fully saturated rings. The van der Waals surface area contributed by atoms with Crippen LogP contribution in [0, 0.1) is 0 Å². The number of nitrogens with zero attached hydrogens (tertiary/aromatic N) is 2. The van der Waals surface area contributed by atoms with Crippen LogP contribution in [0.3, 0.4) is 0 Å². The Bertz CT molecular complexity index is 1330. The number of phenols is 1. The van der Waals surface area contributed by atoms with E-state index in [1.807, 2.05) is 18.2 Å². The molecule has 0 atom stereocenters. The van der Waals surface area contributed by atoms with Gasteiger partial charge < -0.3 is 24.8 Å². The van der Waals surface area contributed by atoms with Gasteiger partial charge in [-0.3, -0.25) is 0 Å². The highest BCUT2D eigenvalue weighted by Gasteiger charge is 2.28. The first-order valence-electron chi connectivity index (χ1n) is 13.7. The maximum absolute atomic E-state index is 11.1. The molecule has 2 aliphatic rings. The standard InChI is InChI=1S/C31H39N3O3S2/c1-30(2,3)22-15-20(16-23(27(22)35)31(4,5)6)24-18-39-28(33-24)19-9-11-34(12-10-19)29(38)32-21-7-8-25-26(17-21)37-14-13-36-25/h7-8,15-19,35H,9-14H2,1-6H3,(H,32,38). The minimum Gasteiger partial charge on any atom is -0.507 e. The minimum atomic E-state index is -0.169. The lowest BCUT2D eigenvalue weighted by Gasteiger charge is -2.33. The molecule has 5 rings (SSSR count). The van der Waals surface area contributed by atoms with Gasteiger partial charge in [0.2, 0.25) is 0 Å². The van der Waals surface area contributed by atoms with Crippen molar-refractivity contribution in [3.8, 4) is 28.5 Å². The van der Waals surface area contributed by atoms with E-state index in [1.165, 1.54) is 5.01 Å². The Kier molecular flexibility index (Phi) is 7.55. The Balaban J connectivity index is 1.26. The summed E-state index contributed by atoms with van der Waals surface area (Å²) in [6.45, 7) is 15.8. The number of hydrogen-bond donors (Lipinski definition) is 2. The van der Waals surface area contributed by atoms with E-state index < -0.39 is 0 Å². The Labute approximate surface area is 241 Å². The van der Waals surface area contributed by atoms with Crippen molar-refractivity contribution in [2.24, 2.45) is 0 Å². The van der Waals surface area contributed by atoms with Crippen LogP contribution in [-0.4, -0.2) is 46.4 Å². The Morgan fingerprint density at radius 3 is 2.21 bits per heavy atom. The lowest BCUT2D eigenvalue weighted by molar-refractivity contribution is 0.171. The highest BCUT2D eigenvalue weighted by Crippen LogP contribution is 2.43. The van der Waals surface area contributed by atoms with Crippen LogP contribution in [0.2, 0.25) is 0 Å². The van der Waals surface area contributed by atoms with Crippen molar-refractivity contribution in [3.05, 3.63) is 51.8 Å². The molecule has 208 valence electrons. The molecule has 6 nitrogen and oxygen atoms in total. The van der Waals surface area contributed by atoms with Gasteiger partial charge in [-0.05, 0) is 60.2 Å². The number of thiazole rings is 1. The van der Waals surface area contributed by atoms with Crippen molar-refractivity contribution in [1.29, 1.82) is 0 Å². The summed E-state index contributed by atoms with van der Waals surface area (Å²) in [4.78, 5) is 7.34. The number of anilines is 1. The third-order valence-corrected chi connectivity index (χ3v) is 8.84. The van der Waals surface area contributed by atoms with Crippen LogP contribution in [0.1, 0.15) is 76.4 Å². The van der Waals surface area contributed by atoms with E-state index in [0.29, 0.717) is 24.9 Å². The zero-order chi connectivity index (χ0) is 27.9. The van der Waals surface area contributed by atoms with Crippen LogP contribution < -0.4 is 14.8 Å². The van der Waals surface area contributed by atoms with Gasteiger partial charge in [0.25, 0.3) is 0 Å². The van der Waals surface area contributed by atoms with Crippen LogP contribution in [0.5, 0.6) is 17.2 Å². The molecule has 0 radical (unpaired) electrons. The summed E-state index contributed by atoms with van der Waals surface area (Å²) in [5.41, 5.74) is 4.57. The number of phenolic OH excluding ortho intramolecular Hbond substituents is 1. The van der Waals surface area contributed by atoms with Crippen LogP contribution in [0.15, 0.2) is 35.7 Å². The number of aromatic hydroxyl groups is 1. The number of thiocarbonyl (C=S) groups is 1. The van der Waals surface area contributed by atoms with Crippen LogP contribution >= 0.6 is 23.6 Å². The predicted octanol–water partition coefficient (Wildman–Crippen LogP) is 7.46. The Hall–Kier alpha value is -2.84. The second kappa shape index (κ2) is 10.6. The average molecular weight is 566 g/mol. The van der Waals surface area contributed by atoms with Crippen molar-refractivity contribution >= 4 is 34.4 Å². The number of rotatable bonds is 3. The van der Waals surface area contributed by atoms with Crippen molar-refractivity contribution < 1.29 is 14.6 Å². The van der Waals surface area contributed by atoms with E-state index in [0.717, 1.165) is 70.6 Å². The van der Waals surface area contributed by atoms with Crippen LogP contribution in [0.4, 0.5) is 5.69 Å². The summed E-state index contributed by atoms with van der Waals surface area (Å²) in [6.07, 6.45) is 2.01. The molecule has 0 unspecified atom stereocenters. The maximum Gasteiger partial charge on any atom is 0.173 e. The molecule has 8 heteroatoms. The lowest BCUT2D eigenvalue weighted by Crippen LogP contribution is -2.40. The SMILES string of the molecule is CC(C)(C)c1cc(-c2csc(C3CCN(C(=S)Nc4ccc5c(c4)OCCO5)CC3)n2)cc(C(C)(C)C)c1O. The number of nitrogens with one attached hydrogen (secondary N) is 1. The molecule has 1 aromatic heterocycles. The van der Waals surface area contributed by atoms with Gasteiger partial charge in [0, 0.05) is 52.8 Å². The number of benzene rings is 2. The summed E-state index contributed by atoms with van der Waals surface area (Å²) >= 11 is 7.48. The fraction of sp³-hybridized carbons (Fsp3) is 0.484. The van der Waals surface area contributed by atoms with E-state index in [-0.39, 0.29) is 10.8 Å². The van der Waals surface area contributed by atoms with E-state index >= 15 is 0 Å². The van der Waals surface area contributed by atoms with Crippen molar-refractivity contribution in [1.82, 2.24) is 9.88 Å². The maximum atomic E-state index is 11.1. The first kappa shape index (κ1) is 27.7. The molecule has 0 saturated carbocycles. The van der Waals surface area contributed by atoms with Gasteiger partial charge in [-0.1, -0.05) is 41.5 Å². The highest BCUT2D eigenvalue weighted by atomic mass is 32.1. The second-order valence-electron chi connectivity index (χ2n) is 12.5. The molecule has 3 aromatic rings. The Morgan fingerprint density at radius 2 is 1.59 bits per heavy atom. The van der Waals surface area contributed by atoms with Gasteiger partial charge in [-0.2, -0.15) is 0 Å². The summed E-state index contributed by atoms with van der Waals surface area (Å²) in [7, 11) is 0. The highest BCUT2D eigenvalue weighted by molar-refractivity contribution is 7.80. The molecule has 39 heavy (non-hydrogen) atoms. The zero-order valence-corrected chi connectivity index (χ0v) is 25.4. The second-order valence-corrected chi connectivity index (χ2v) is 13.8. The molecule has 1 saturated heterocycles. The third-order valence-electron chi connectivity index (χ3n) is 7.47. The topological polar surface area (TPSA) is 66.9 Å². The third kappa shape index (κ3) is 6.02. The fourth-order valence-electron chi connectivity index (χ4n) is 5.19. The van der Waals surface area contributed by atoms with Crippen molar-refractivity contribution in [2.45, 2.75) is 71.1 Å². The van der Waals surface area contributed by atoms with Crippen molar-refractivity contribution in [2.75, 3.05) is 31.6 Å². The summed E-state index contributed by atoms with van der Waals surface area (Å²) < 4.78 is 11.3. The zero-order valence-electron chi connectivity index (χ0n) is 23.8. The van der Waals surface area contributed by atoms with E-state index in [2.05, 4.69) is 69.3 Å². The number of likely N-dealkylation sites (tertiary alicyclic amines) is 1. The fourth-order valence-corrected chi connectivity index (χ4v) is 6.49. The van der Waals surface area contributed by atoms with Gasteiger partial charge in [-0.15, -0.1) is 11.3 Å². The average Bonchev–Trinajstić information content (AvgIpc) is 3.38. The molecule has 2 aromatic carbocycles. The molecule has 2 N–H and O–H groups in total. The smallest absolute Gasteiger partial charge is 0.173 e. The van der Waals surface area contributed by atoms with Crippen LogP contribution in [-0.2, 0) is 10.8 Å². The molecule has 0 amide bonds. The number of piperidine rings is 1. The summed E-state index contributed by atoms with van der Waals surface area (Å²) in [5, 5.41) is 18.6. The number of aromatic nitrogens is 1. The Morgan fingerprint density at radius 1 is 0.974 bits per heavy atom. The minimum absolute atomic E-state index is 0.169. The normalized spacial score (nSPS) is 16.3. The first-order valence-corrected chi connectivity index (χ1v) is 15.0. The summed E-state index contributed by atoms with van der Waals surface area (Å²) in [6, 6.07) is 10.1. The van der Waals surface area contributed by atoms with Crippen molar-refractivity contribution in [3.63, 3.8) is 0 Å². The van der Waals surface area contributed by atoms with Gasteiger partial charge in [0.15, 0.2) is 16.6 Å². The molecule has 2 aliphatic heterocycles. The first-order chi connectivity index (χ1) is 18.4. The molecule has 3 heterocycles. The van der Waals surface area contributed by atoms with E-state index in [1.54, 1.807) is 11.3 Å². The van der Waals surface area contributed by atoms with E-state index in [9.17, 15) is 5.11 Å². The summed E-state index contributed by atoms with van der Waals surface area (Å²) in [5.74, 6) is 2.35. The quantitative estimate of drug-likeness (QED) is 0.320. The van der Waals surface area contributed by atoms with E-state index in [4.69, 9.17) is 26.7 Å². The number of hydrogen-bond acceptors (Lipinski definition) is 6. The largest absolute Gasteiger partial charge is 0.507 e. The van der Waals surface area contributed by atoms with Gasteiger partial charge >= 0.3 is 0 Å². The van der Waals surface area contributed by atoms with Gasteiger partial charge in [0.1, 0.15) is 19.0 Å². The molecule has 0 spiro atoms. The molecule has 0 bridgehead atoms. The molecular formula is C31H39N3O3S2. The number of ether oxygens (including phenoxy) is 2.